The number of rotatable bonds is 18. The molecule has 0 radical (unpaired) electrons. The van der Waals surface area contributed by atoms with E-state index in [9.17, 15) is 0 Å². The molecule has 2 rings (SSSR count). The summed E-state index contributed by atoms with van der Waals surface area (Å²) in [6, 6.07) is 11.5. The Morgan fingerprint density at radius 1 is 0.516 bits per heavy atom. The lowest BCUT2D eigenvalue weighted by Crippen LogP contribution is -2.01. The summed E-state index contributed by atoms with van der Waals surface area (Å²) >= 11 is 0. The van der Waals surface area contributed by atoms with Crippen LogP contribution in [0.5, 0.6) is 0 Å². The first kappa shape index (κ1) is 26.0. The van der Waals surface area contributed by atoms with E-state index in [0.29, 0.717) is 0 Å². The Labute approximate surface area is 194 Å². The van der Waals surface area contributed by atoms with E-state index in [4.69, 9.17) is 0 Å². The molecule has 0 heterocycles. The number of aryl methyl sites for hydroxylation is 2. The second-order valence-electron chi connectivity index (χ2n) is 9.82. The van der Waals surface area contributed by atoms with E-state index in [1.165, 1.54) is 132 Å². The Balaban J connectivity index is 1.87. The first-order valence-corrected chi connectivity index (χ1v) is 13.8. The lowest BCUT2D eigenvalue weighted by Gasteiger charge is -2.17. The number of hydrogen-bond donors (Lipinski definition) is 0. The SMILES string of the molecule is CCCCCCCCCCc1c(C)cc2ccccc2c1CCCCCCCCCC. The summed E-state index contributed by atoms with van der Waals surface area (Å²) in [6.45, 7) is 6.96. The third-order valence-electron chi connectivity index (χ3n) is 7.06. The van der Waals surface area contributed by atoms with Crippen molar-refractivity contribution in [2.45, 2.75) is 136 Å². The van der Waals surface area contributed by atoms with Crippen molar-refractivity contribution in [1.82, 2.24) is 0 Å². The maximum atomic E-state index is 2.44. The van der Waals surface area contributed by atoms with Crippen LogP contribution in [0, 0.1) is 6.92 Å². The number of hydrogen-bond acceptors (Lipinski definition) is 0. The van der Waals surface area contributed by atoms with Gasteiger partial charge in [0.1, 0.15) is 0 Å². The molecule has 0 fully saturated rings. The van der Waals surface area contributed by atoms with E-state index < -0.39 is 0 Å². The van der Waals surface area contributed by atoms with Crippen molar-refractivity contribution < 1.29 is 0 Å². The molecule has 0 spiro atoms. The minimum Gasteiger partial charge on any atom is -0.0654 e. The van der Waals surface area contributed by atoms with Gasteiger partial charge in [-0.1, -0.05) is 134 Å². The maximum absolute atomic E-state index is 2.44. The van der Waals surface area contributed by atoms with Gasteiger partial charge in [-0.15, -0.1) is 0 Å². The van der Waals surface area contributed by atoms with E-state index in [1.54, 1.807) is 11.1 Å². The van der Waals surface area contributed by atoms with Crippen LogP contribution >= 0.6 is 0 Å². The maximum Gasteiger partial charge on any atom is -0.0149 e. The van der Waals surface area contributed by atoms with E-state index in [2.05, 4.69) is 51.1 Å². The van der Waals surface area contributed by atoms with Crippen molar-refractivity contribution in [2.24, 2.45) is 0 Å². The van der Waals surface area contributed by atoms with Crippen LogP contribution < -0.4 is 0 Å². The second-order valence-corrected chi connectivity index (χ2v) is 9.82. The Hall–Kier alpha value is -1.30. The Morgan fingerprint density at radius 3 is 1.52 bits per heavy atom. The molecule has 2 aromatic rings. The minimum atomic E-state index is 1.27. The zero-order chi connectivity index (χ0) is 22.2. The van der Waals surface area contributed by atoms with E-state index in [0.717, 1.165) is 0 Å². The molecule has 0 aromatic heterocycles. The van der Waals surface area contributed by atoms with Crippen LogP contribution in [0.15, 0.2) is 30.3 Å². The summed E-state index contributed by atoms with van der Waals surface area (Å²) in [4.78, 5) is 0. The molecule has 2 aromatic carbocycles. The largest absolute Gasteiger partial charge is 0.0654 e. The standard InChI is InChI=1S/C31H50/c1-4-6-8-10-12-14-16-18-23-29-27(3)26-28-22-20-21-24-30(28)31(29)25-19-17-15-13-11-9-7-5-2/h20-22,24,26H,4-19,23,25H2,1-3H3. The van der Waals surface area contributed by atoms with Crippen molar-refractivity contribution in [3.63, 3.8) is 0 Å². The molecule has 0 unspecified atom stereocenters. The van der Waals surface area contributed by atoms with Crippen LogP contribution in [-0.4, -0.2) is 0 Å². The topological polar surface area (TPSA) is 0 Å². The van der Waals surface area contributed by atoms with Gasteiger partial charge in [0.05, 0.1) is 0 Å². The number of unbranched alkanes of at least 4 members (excludes halogenated alkanes) is 14. The van der Waals surface area contributed by atoms with Gasteiger partial charge >= 0.3 is 0 Å². The molecule has 0 saturated carbocycles. The molecule has 0 aliphatic carbocycles. The summed E-state index contributed by atoms with van der Waals surface area (Å²) in [5.74, 6) is 0. The summed E-state index contributed by atoms with van der Waals surface area (Å²) in [5, 5.41) is 2.96. The molecule has 0 saturated heterocycles. The molecule has 0 amide bonds. The minimum absolute atomic E-state index is 1.27. The molecular formula is C31H50. The number of fused-ring (bicyclic) bond motifs is 1. The highest BCUT2D eigenvalue weighted by Gasteiger charge is 2.11. The van der Waals surface area contributed by atoms with Gasteiger partial charge in [-0.2, -0.15) is 0 Å². The number of benzene rings is 2. The summed E-state index contributed by atoms with van der Waals surface area (Å²) in [6.07, 6.45) is 25.0. The van der Waals surface area contributed by atoms with Gasteiger partial charge in [-0.05, 0) is 60.1 Å². The predicted molar refractivity (Wildman–Crippen MR) is 141 cm³/mol. The quantitative estimate of drug-likeness (QED) is 0.209. The molecule has 0 aliphatic heterocycles. The fourth-order valence-corrected chi connectivity index (χ4v) is 5.12. The van der Waals surface area contributed by atoms with Crippen LogP contribution in [-0.2, 0) is 12.8 Å². The van der Waals surface area contributed by atoms with Crippen LogP contribution in [0.2, 0.25) is 0 Å². The second kappa shape index (κ2) is 16.3. The summed E-state index contributed by atoms with van der Waals surface area (Å²) in [5.41, 5.74) is 4.87. The van der Waals surface area contributed by atoms with Crippen molar-refractivity contribution in [3.05, 3.63) is 47.0 Å². The van der Waals surface area contributed by atoms with E-state index in [-0.39, 0.29) is 0 Å². The van der Waals surface area contributed by atoms with Gasteiger partial charge in [0.2, 0.25) is 0 Å². The van der Waals surface area contributed by atoms with Crippen LogP contribution in [0.25, 0.3) is 10.8 Å². The predicted octanol–water partition coefficient (Wildman–Crippen LogP) is 10.5. The first-order valence-electron chi connectivity index (χ1n) is 13.8. The average molecular weight is 423 g/mol. The zero-order valence-electron chi connectivity index (χ0n) is 21.1. The van der Waals surface area contributed by atoms with Gasteiger partial charge in [0, 0.05) is 0 Å². The Bertz CT molecular complexity index is 711. The Kier molecular flexibility index (Phi) is 13.7. The van der Waals surface area contributed by atoms with Crippen LogP contribution in [0.4, 0.5) is 0 Å². The molecule has 0 bridgehead atoms. The lowest BCUT2D eigenvalue weighted by molar-refractivity contribution is 0.571. The van der Waals surface area contributed by atoms with Crippen molar-refractivity contribution in [2.75, 3.05) is 0 Å². The third kappa shape index (κ3) is 9.80. The molecule has 0 atom stereocenters. The monoisotopic (exact) mass is 422 g/mol. The molecule has 0 N–H and O–H groups in total. The van der Waals surface area contributed by atoms with Gasteiger partial charge in [-0.25, -0.2) is 0 Å². The summed E-state index contributed by atoms with van der Waals surface area (Å²) < 4.78 is 0. The smallest absolute Gasteiger partial charge is 0.0149 e. The van der Waals surface area contributed by atoms with Crippen LogP contribution in [0.1, 0.15) is 133 Å². The zero-order valence-corrected chi connectivity index (χ0v) is 21.1. The van der Waals surface area contributed by atoms with Gasteiger partial charge < -0.3 is 0 Å². The van der Waals surface area contributed by atoms with E-state index in [1.807, 2.05) is 0 Å². The van der Waals surface area contributed by atoms with Crippen molar-refractivity contribution >= 4 is 10.8 Å². The molecule has 0 nitrogen and oxygen atoms in total. The third-order valence-corrected chi connectivity index (χ3v) is 7.06. The first-order chi connectivity index (χ1) is 15.3. The van der Waals surface area contributed by atoms with Gasteiger partial charge in [-0.3, -0.25) is 0 Å². The molecule has 0 heteroatoms. The Morgan fingerprint density at radius 2 is 0.968 bits per heavy atom. The highest BCUT2D eigenvalue weighted by atomic mass is 14.2. The fourth-order valence-electron chi connectivity index (χ4n) is 5.12. The van der Waals surface area contributed by atoms with E-state index >= 15 is 0 Å². The molecule has 31 heavy (non-hydrogen) atoms. The van der Waals surface area contributed by atoms with Crippen molar-refractivity contribution in [1.29, 1.82) is 0 Å². The van der Waals surface area contributed by atoms with Crippen molar-refractivity contribution in [3.8, 4) is 0 Å². The molecule has 0 aliphatic rings. The normalized spacial score (nSPS) is 11.5. The van der Waals surface area contributed by atoms with Gasteiger partial charge in [0.25, 0.3) is 0 Å². The lowest BCUT2D eigenvalue weighted by atomic mass is 9.88. The molecule has 174 valence electrons. The fraction of sp³-hybridized carbons (Fsp3) is 0.677. The van der Waals surface area contributed by atoms with Crippen LogP contribution in [0.3, 0.4) is 0 Å². The van der Waals surface area contributed by atoms with Gasteiger partial charge in [0.15, 0.2) is 0 Å². The average Bonchev–Trinajstić information content (AvgIpc) is 2.78. The highest BCUT2D eigenvalue weighted by molar-refractivity contribution is 5.87. The highest BCUT2D eigenvalue weighted by Crippen LogP contribution is 2.29. The summed E-state index contributed by atoms with van der Waals surface area (Å²) in [7, 11) is 0. The molecular weight excluding hydrogens is 372 g/mol.